The lowest BCUT2D eigenvalue weighted by Gasteiger charge is -2.07. The molecule has 0 aromatic heterocycles. The summed E-state index contributed by atoms with van der Waals surface area (Å²) in [5.74, 6) is -0.427. The SMILES string of the molecule is CCCCCCCc1ccc(-c2ccc(C(=O)Cl)cc2F)cc1. The fourth-order valence-electron chi connectivity index (χ4n) is 2.66. The van der Waals surface area contributed by atoms with Crippen LogP contribution in [-0.4, -0.2) is 5.24 Å². The quantitative estimate of drug-likeness (QED) is 0.404. The number of unbranched alkanes of at least 4 members (excludes halogenated alkanes) is 4. The summed E-state index contributed by atoms with van der Waals surface area (Å²) in [6.45, 7) is 2.22. The molecule has 0 aliphatic heterocycles. The molecule has 23 heavy (non-hydrogen) atoms. The van der Waals surface area contributed by atoms with Gasteiger partial charge in [0.2, 0.25) is 0 Å². The highest BCUT2D eigenvalue weighted by Crippen LogP contribution is 2.25. The van der Waals surface area contributed by atoms with Gasteiger partial charge < -0.3 is 0 Å². The average Bonchev–Trinajstić information content (AvgIpc) is 2.55. The largest absolute Gasteiger partial charge is 0.276 e. The van der Waals surface area contributed by atoms with Crippen LogP contribution in [0.3, 0.4) is 0 Å². The Hall–Kier alpha value is -1.67. The van der Waals surface area contributed by atoms with E-state index in [1.54, 1.807) is 12.1 Å². The number of hydrogen-bond acceptors (Lipinski definition) is 1. The molecule has 2 aromatic carbocycles. The van der Waals surface area contributed by atoms with E-state index in [-0.39, 0.29) is 5.56 Å². The topological polar surface area (TPSA) is 17.1 Å². The van der Waals surface area contributed by atoms with Crippen LogP contribution in [0.4, 0.5) is 4.39 Å². The number of halogens is 2. The van der Waals surface area contributed by atoms with Crippen molar-refractivity contribution in [1.82, 2.24) is 0 Å². The molecule has 0 saturated heterocycles. The van der Waals surface area contributed by atoms with E-state index in [1.807, 2.05) is 12.1 Å². The number of benzene rings is 2. The van der Waals surface area contributed by atoms with Crippen LogP contribution in [0.25, 0.3) is 11.1 Å². The Bertz CT molecular complexity index is 649. The fourth-order valence-corrected chi connectivity index (χ4v) is 2.77. The Morgan fingerprint density at radius 1 is 1.00 bits per heavy atom. The summed E-state index contributed by atoms with van der Waals surface area (Å²) in [4.78, 5) is 11.1. The average molecular weight is 333 g/mol. The van der Waals surface area contributed by atoms with Crippen LogP contribution in [0.5, 0.6) is 0 Å². The first-order valence-corrected chi connectivity index (χ1v) is 8.58. The minimum atomic E-state index is -0.645. The van der Waals surface area contributed by atoms with Crippen molar-refractivity contribution >= 4 is 16.8 Å². The number of hydrogen-bond donors (Lipinski definition) is 0. The second kappa shape index (κ2) is 8.83. The van der Waals surface area contributed by atoms with Crippen molar-refractivity contribution in [2.45, 2.75) is 45.4 Å². The van der Waals surface area contributed by atoms with Gasteiger partial charge >= 0.3 is 0 Å². The number of carbonyl (C=O) groups is 1. The summed E-state index contributed by atoms with van der Waals surface area (Å²) < 4.78 is 14.1. The maximum absolute atomic E-state index is 14.1. The smallest absolute Gasteiger partial charge is 0.252 e. The van der Waals surface area contributed by atoms with E-state index in [0.717, 1.165) is 12.0 Å². The van der Waals surface area contributed by atoms with Gasteiger partial charge in [0.25, 0.3) is 5.24 Å². The minimum absolute atomic E-state index is 0.177. The van der Waals surface area contributed by atoms with Crippen molar-refractivity contribution in [1.29, 1.82) is 0 Å². The monoisotopic (exact) mass is 332 g/mol. The molecule has 0 unspecified atom stereocenters. The molecule has 0 bridgehead atoms. The van der Waals surface area contributed by atoms with E-state index in [4.69, 9.17) is 11.6 Å². The Kier molecular flexibility index (Phi) is 6.79. The van der Waals surface area contributed by atoms with E-state index in [2.05, 4.69) is 19.1 Å². The number of aryl methyl sites for hydroxylation is 1. The molecule has 122 valence electrons. The highest BCUT2D eigenvalue weighted by Gasteiger charge is 2.09. The molecule has 0 N–H and O–H groups in total. The predicted octanol–water partition coefficient (Wildman–Crippen LogP) is 6.38. The Morgan fingerprint density at radius 3 is 2.30 bits per heavy atom. The van der Waals surface area contributed by atoms with Crippen molar-refractivity contribution in [3.05, 3.63) is 59.4 Å². The second-order valence-corrected chi connectivity index (χ2v) is 6.17. The number of carbonyl (C=O) groups excluding carboxylic acids is 1. The molecule has 0 aliphatic carbocycles. The minimum Gasteiger partial charge on any atom is -0.276 e. The lowest BCUT2D eigenvalue weighted by molar-refractivity contribution is 0.108. The van der Waals surface area contributed by atoms with Crippen molar-refractivity contribution in [2.24, 2.45) is 0 Å². The standard InChI is InChI=1S/C20H22ClFO/c1-2-3-4-5-6-7-15-8-10-16(11-9-15)18-13-12-17(20(21)23)14-19(18)22/h8-14H,2-7H2,1H3. The third-order valence-electron chi connectivity index (χ3n) is 4.03. The van der Waals surface area contributed by atoms with Gasteiger partial charge in [-0.2, -0.15) is 0 Å². The molecule has 3 heteroatoms. The molecule has 0 atom stereocenters. The van der Waals surface area contributed by atoms with E-state index in [0.29, 0.717) is 5.56 Å². The lowest BCUT2D eigenvalue weighted by Crippen LogP contribution is -1.93. The molecular formula is C20H22ClFO. The second-order valence-electron chi connectivity index (χ2n) is 5.83. The molecule has 0 fully saturated rings. The first-order chi connectivity index (χ1) is 11.1. The van der Waals surface area contributed by atoms with Crippen LogP contribution in [0.15, 0.2) is 42.5 Å². The van der Waals surface area contributed by atoms with Gasteiger partial charge in [-0.25, -0.2) is 4.39 Å². The summed E-state index contributed by atoms with van der Waals surface area (Å²) in [7, 11) is 0. The van der Waals surface area contributed by atoms with Crippen molar-refractivity contribution in [3.63, 3.8) is 0 Å². The summed E-state index contributed by atoms with van der Waals surface area (Å²) in [6.07, 6.45) is 7.38. The van der Waals surface area contributed by atoms with Gasteiger partial charge in [0.1, 0.15) is 5.82 Å². The molecule has 0 amide bonds. The third-order valence-corrected chi connectivity index (χ3v) is 4.25. The normalized spacial score (nSPS) is 10.7. The zero-order valence-corrected chi connectivity index (χ0v) is 14.2. The summed E-state index contributed by atoms with van der Waals surface area (Å²) >= 11 is 5.37. The first-order valence-electron chi connectivity index (χ1n) is 8.20. The highest BCUT2D eigenvalue weighted by atomic mass is 35.5. The molecule has 2 aromatic rings. The van der Waals surface area contributed by atoms with Crippen molar-refractivity contribution in [2.75, 3.05) is 0 Å². The van der Waals surface area contributed by atoms with Gasteiger partial charge in [-0.15, -0.1) is 0 Å². The third kappa shape index (κ3) is 5.18. The summed E-state index contributed by atoms with van der Waals surface area (Å²) in [6, 6.07) is 12.3. The molecule has 0 aliphatic rings. The molecule has 0 saturated carbocycles. The first kappa shape index (κ1) is 17.7. The summed E-state index contributed by atoms with van der Waals surface area (Å²) in [5.41, 5.74) is 2.75. The molecule has 0 radical (unpaired) electrons. The highest BCUT2D eigenvalue weighted by molar-refractivity contribution is 6.67. The van der Waals surface area contributed by atoms with Gasteiger partial charge in [-0.05, 0) is 47.7 Å². The van der Waals surface area contributed by atoms with Crippen LogP contribution in [0.1, 0.15) is 54.9 Å². The van der Waals surface area contributed by atoms with Gasteiger partial charge in [0.15, 0.2) is 0 Å². The van der Waals surface area contributed by atoms with Crippen molar-refractivity contribution in [3.8, 4) is 11.1 Å². The van der Waals surface area contributed by atoms with Crippen LogP contribution >= 0.6 is 11.6 Å². The van der Waals surface area contributed by atoms with E-state index in [1.165, 1.54) is 43.7 Å². The molecule has 2 rings (SSSR count). The van der Waals surface area contributed by atoms with Gasteiger partial charge in [0.05, 0.1) is 0 Å². The van der Waals surface area contributed by atoms with Gasteiger partial charge in [0, 0.05) is 11.1 Å². The Balaban J connectivity index is 2.00. The zero-order chi connectivity index (χ0) is 16.7. The Labute approximate surface area is 142 Å². The van der Waals surface area contributed by atoms with E-state index in [9.17, 15) is 9.18 Å². The van der Waals surface area contributed by atoms with Crippen molar-refractivity contribution < 1.29 is 9.18 Å². The van der Waals surface area contributed by atoms with Crippen LogP contribution < -0.4 is 0 Å². The molecule has 1 nitrogen and oxygen atoms in total. The van der Waals surface area contributed by atoms with Gasteiger partial charge in [-0.1, -0.05) is 62.9 Å². The lowest BCUT2D eigenvalue weighted by atomic mass is 10.00. The van der Waals surface area contributed by atoms with Crippen LogP contribution in [0, 0.1) is 5.82 Å². The van der Waals surface area contributed by atoms with Gasteiger partial charge in [-0.3, -0.25) is 4.79 Å². The molecular weight excluding hydrogens is 311 g/mol. The molecule has 0 heterocycles. The van der Waals surface area contributed by atoms with E-state index >= 15 is 0 Å². The zero-order valence-electron chi connectivity index (χ0n) is 13.4. The maximum atomic E-state index is 14.1. The van der Waals surface area contributed by atoms with E-state index < -0.39 is 11.1 Å². The maximum Gasteiger partial charge on any atom is 0.252 e. The molecule has 0 spiro atoms. The Morgan fingerprint density at radius 2 is 1.70 bits per heavy atom. The number of rotatable bonds is 8. The predicted molar refractivity (Wildman–Crippen MR) is 94.5 cm³/mol. The summed E-state index contributed by atoms with van der Waals surface area (Å²) in [5, 5.41) is -0.645. The fraction of sp³-hybridized carbons (Fsp3) is 0.350. The van der Waals surface area contributed by atoms with Crippen LogP contribution in [0.2, 0.25) is 0 Å². The van der Waals surface area contributed by atoms with Crippen LogP contribution in [-0.2, 0) is 6.42 Å².